The molecule has 28 heavy (non-hydrogen) atoms. The molecule has 0 radical (unpaired) electrons. The number of hydrogen-bond donors (Lipinski definition) is 1. The van der Waals surface area contributed by atoms with Crippen molar-refractivity contribution in [3.8, 4) is 5.69 Å². The third-order valence-corrected chi connectivity index (χ3v) is 4.66. The second kappa shape index (κ2) is 8.10. The number of halogens is 1. The number of benzene rings is 2. The zero-order chi connectivity index (χ0) is 19.3. The van der Waals surface area contributed by atoms with Gasteiger partial charge in [0.15, 0.2) is 0 Å². The first kappa shape index (κ1) is 18.0. The van der Waals surface area contributed by atoms with Gasteiger partial charge in [0.05, 0.1) is 30.2 Å². The first-order chi connectivity index (χ1) is 13.7. The van der Waals surface area contributed by atoms with Gasteiger partial charge in [0, 0.05) is 29.5 Å². The molecular formula is C21H18ClN5O. The summed E-state index contributed by atoms with van der Waals surface area (Å²) in [4.78, 5) is 12.4. The summed E-state index contributed by atoms with van der Waals surface area (Å²) in [5.41, 5.74) is 3.34. The van der Waals surface area contributed by atoms with Crippen LogP contribution in [0.1, 0.15) is 21.5 Å². The van der Waals surface area contributed by atoms with Gasteiger partial charge in [0.25, 0.3) is 5.91 Å². The van der Waals surface area contributed by atoms with Crippen LogP contribution in [-0.2, 0) is 13.1 Å². The zero-order valence-electron chi connectivity index (χ0n) is 15.0. The Labute approximate surface area is 167 Å². The molecule has 7 heteroatoms. The molecule has 0 aliphatic rings. The molecule has 0 aliphatic heterocycles. The molecule has 0 atom stereocenters. The van der Waals surface area contributed by atoms with Crippen LogP contribution in [0, 0.1) is 0 Å². The fourth-order valence-corrected chi connectivity index (χ4v) is 3.02. The smallest absolute Gasteiger partial charge is 0.254 e. The fourth-order valence-electron chi connectivity index (χ4n) is 2.83. The number of amides is 1. The van der Waals surface area contributed by atoms with E-state index in [2.05, 4.69) is 15.5 Å². The van der Waals surface area contributed by atoms with Gasteiger partial charge in [-0.2, -0.15) is 10.2 Å². The molecule has 0 aliphatic carbocycles. The molecule has 0 saturated heterocycles. The molecule has 2 aromatic carbocycles. The molecule has 1 N–H and O–H groups in total. The average molecular weight is 392 g/mol. The summed E-state index contributed by atoms with van der Waals surface area (Å²) < 4.78 is 3.48. The van der Waals surface area contributed by atoms with E-state index in [-0.39, 0.29) is 5.91 Å². The van der Waals surface area contributed by atoms with Crippen LogP contribution in [0.3, 0.4) is 0 Å². The zero-order valence-corrected chi connectivity index (χ0v) is 15.8. The van der Waals surface area contributed by atoms with E-state index >= 15 is 0 Å². The lowest BCUT2D eigenvalue weighted by atomic mass is 10.2. The van der Waals surface area contributed by atoms with E-state index in [0.717, 1.165) is 16.8 Å². The number of para-hydroxylation sites is 1. The summed E-state index contributed by atoms with van der Waals surface area (Å²) in [6.07, 6.45) is 6.91. The van der Waals surface area contributed by atoms with Crippen LogP contribution < -0.4 is 5.32 Å². The number of nitrogens with one attached hydrogen (secondary N) is 1. The Morgan fingerprint density at radius 2 is 1.75 bits per heavy atom. The van der Waals surface area contributed by atoms with Crippen molar-refractivity contribution in [1.29, 1.82) is 0 Å². The first-order valence-corrected chi connectivity index (χ1v) is 9.20. The van der Waals surface area contributed by atoms with Crippen LogP contribution in [0.4, 0.5) is 0 Å². The van der Waals surface area contributed by atoms with Crippen molar-refractivity contribution in [3.63, 3.8) is 0 Å². The minimum atomic E-state index is -0.183. The Kier molecular flexibility index (Phi) is 5.21. The highest BCUT2D eigenvalue weighted by Gasteiger charge is 2.10. The third kappa shape index (κ3) is 4.13. The summed E-state index contributed by atoms with van der Waals surface area (Å²) in [7, 11) is 0. The Morgan fingerprint density at radius 3 is 2.57 bits per heavy atom. The SMILES string of the molecule is O=C(NCc1cnn(-c2ccccc2)c1)c1cnn(Cc2ccccc2Cl)c1. The molecule has 6 nitrogen and oxygen atoms in total. The van der Waals surface area contributed by atoms with Gasteiger partial charge in [-0.25, -0.2) is 4.68 Å². The second-order valence-electron chi connectivity index (χ2n) is 6.33. The molecule has 0 spiro atoms. The molecule has 0 bridgehead atoms. The van der Waals surface area contributed by atoms with Gasteiger partial charge in [-0.15, -0.1) is 0 Å². The molecule has 1 amide bonds. The Morgan fingerprint density at radius 1 is 0.964 bits per heavy atom. The van der Waals surface area contributed by atoms with Gasteiger partial charge in [0.2, 0.25) is 0 Å². The topological polar surface area (TPSA) is 64.7 Å². The fraction of sp³-hybridized carbons (Fsp3) is 0.0952. The maximum Gasteiger partial charge on any atom is 0.254 e. The van der Waals surface area contributed by atoms with E-state index < -0.39 is 0 Å². The second-order valence-corrected chi connectivity index (χ2v) is 6.74. The number of hydrogen-bond acceptors (Lipinski definition) is 3. The van der Waals surface area contributed by atoms with E-state index in [9.17, 15) is 4.79 Å². The van der Waals surface area contributed by atoms with Crippen LogP contribution in [0.25, 0.3) is 5.69 Å². The third-order valence-electron chi connectivity index (χ3n) is 4.30. The first-order valence-electron chi connectivity index (χ1n) is 8.82. The van der Waals surface area contributed by atoms with Gasteiger partial charge in [-0.1, -0.05) is 48.0 Å². The molecule has 2 aromatic heterocycles. The summed E-state index contributed by atoms with van der Waals surface area (Å²) in [5.74, 6) is -0.183. The number of rotatable bonds is 6. The predicted molar refractivity (Wildman–Crippen MR) is 108 cm³/mol. The van der Waals surface area contributed by atoms with Crippen molar-refractivity contribution in [2.24, 2.45) is 0 Å². The van der Waals surface area contributed by atoms with Gasteiger partial charge in [0.1, 0.15) is 0 Å². The highest BCUT2D eigenvalue weighted by molar-refractivity contribution is 6.31. The van der Waals surface area contributed by atoms with Crippen LogP contribution in [-0.4, -0.2) is 25.5 Å². The van der Waals surface area contributed by atoms with Gasteiger partial charge < -0.3 is 5.32 Å². The minimum absolute atomic E-state index is 0.183. The summed E-state index contributed by atoms with van der Waals surface area (Å²) in [6.45, 7) is 0.901. The molecular weight excluding hydrogens is 374 g/mol. The van der Waals surface area contributed by atoms with Crippen molar-refractivity contribution < 1.29 is 4.79 Å². The molecule has 140 valence electrons. The molecule has 2 heterocycles. The highest BCUT2D eigenvalue weighted by Crippen LogP contribution is 2.16. The van der Waals surface area contributed by atoms with E-state index in [4.69, 9.17) is 11.6 Å². The molecule has 4 rings (SSSR count). The summed E-state index contributed by atoms with van der Waals surface area (Å²) >= 11 is 6.18. The number of carbonyl (C=O) groups is 1. The van der Waals surface area contributed by atoms with Crippen LogP contribution in [0.5, 0.6) is 0 Å². The van der Waals surface area contributed by atoms with E-state index in [1.807, 2.05) is 60.8 Å². The molecule has 0 saturated carbocycles. The average Bonchev–Trinajstić information content (AvgIpc) is 3.38. The molecule has 0 unspecified atom stereocenters. The lowest BCUT2D eigenvalue weighted by Gasteiger charge is -2.04. The Hall–Kier alpha value is -3.38. The summed E-state index contributed by atoms with van der Waals surface area (Å²) in [6, 6.07) is 17.4. The quantitative estimate of drug-likeness (QED) is 0.545. The monoisotopic (exact) mass is 391 g/mol. The van der Waals surface area contributed by atoms with E-state index in [1.54, 1.807) is 28.0 Å². The Bertz CT molecular complexity index is 1090. The Balaban J connectivity index is 1.36. The highest BCUT2D eigenvalue weighted by atomic mass is 35.5. The van der Waals surface area contributed by atoms with Crippen LogP contribution in [0.2, 0.25) is 5.02 Å². The van der Waals surface area contributed by atoms with Crippen molar-refractivity contribution in [1.82, 2.24) is 24.9 Å². The summed E-state index contributed by atoms with van der Waals surface area (Å²) in [5, 5.41) is 12.2. The number of nitrogens with zero attached hydrogens (tertiary/aromatic N) is 4. The van der Waals surface area contributed by atoms with Gasteiger partial charge in [-0.05, 0) is 23.8 Å². The maximum absolute atomic E-state index is 12.4. The maximum atomic E-state index is 12.4. The van der Waals surface area contributed by atoms with Crippen molar-refractivity contribution in [2.75, 3.05) is 0 Å². The molecule has 0 fully saturated rings. The van der Waals surface area contributed by atoms with Gasteiger partial charge in [-0.3, -0.25) is 9.48 Å². The largest absolute Gasteiger partial charge is 0.348 e. The van der Waals surface area contributed by atoms with E-state index in [0.29, 0.717) is 23.7 Å². The van der Waals surface area contributed by atoms with E-state index in [1.165, 1.54) is 0 Å². The van der Waals surface area contributed by atoms with Crippen molar-refractivity contribution >= 4 is 17.5 Å². The number of aromatic nitrogens is 4. The standard InChI is InChI=1S/C21H18ClN5O/c22-20-9-5-4-6-17(20)14-26-15-18(12-24-26)21(28)23-10-16-11-25-27(13-16)19-7-2-1-3-8-19/h1-9,11-13,15H,10,14H2,(H,23,28). The van der Waals surface area contributed by atoms with Crippen molar-refractivity contribution in [2.45, 2.75) is 13.1 Å². The predicted octanol–water partition coefficient (Wildman–Crippen LogP) is 3.70. The molecule has 4 aromatic rings. The minimum Gasteiger partial charge on any atom is -0.348 e. The van der Waals surface area contributed by atoms with Crippen LogP contribution >= 0.6 is 11.6 Å². The van der Waals surface area contributed by atoms with Crippen molar-refractivity contribution in [3.05, 3.63) is 101 Å². The number of carbonyl (C=O) groups excluding carboxylic acids is 1. The normalized spacial score (nSPS) is 10.8. The van der Waals surface area contributed by atoms with Gasteiger partial charge >= 0.3 is 0 Å². The lowest BCUT2D eigenvalue weighted by Crippen LogP contribution is -2.22. The van der Waals surface area contributed by atoms with Crippen LogP contribution in [0.15, 0.2) is 79.4 Å². The lowest BCUT2D eigenvalue weighted by molar-refractivity contribution is 0.0951.